The van der Waals surface area contributed by atoms with Crippen molar-refractivity contribution in [3.05, 3.63) is 93.5 Å². The fourth-order valence-corrected chi connectivity index (χ4v) is 6.74. The number of quaternary nitrogens is 1. The molecule has 0 spiro atoms. The van der Waals surface area contributed by atoms with Crippen LogP contribution in [0, 0.1) is 13.8 Å². The van der Waals surface area contributed by atoms with Crippen LogP contribution in [0.1, 0.15) is 102 Å². The Morgan fingerprint density at radius 3 is 1.59 bits per heavy atom. The fraction of sp³-hybridized carbons (Fsp3) is 0.538. The Morgan fingerprint density at radius 1 is 0.652 bits per heavy atom. The Morgan fingerprint density at radius 2 is 1.15 bits per heavy atom. The van der Waals surface area contributed by atoms with Crippen molar-refractivity contribution < 1.29 is 18.4 Å². The van der Waals surface area contributed by atoms with E-state index in [1.165, 1.54) is 63.7 Å². The molecule has 0 bridgehead atoms. The summed E-state index contributed by atoms with van der Waals surface area (Å²) in [6.07, 6.45) is 11.0. The van der Waals surface area contributed by atoms with E-state index < -0.39 is 7.32 Å². The van der Waals surface area contributed by atoms with Gasteiger partial charge in [0, 0.05) is 16.5 Å². The highest BCUT2D eigenvalue weighted by Crippen LogP contribution is 2.31. The molecule has 0 heterocycles. The fourth-order valence-electron chi connectivity index (χ4n) is 6.40. The molecule has 3 rings (SSSR count). The summed E-state index contributed by atoms with van der Waals surface area (Å²) in [4.78, 5) is 0. The molecule has 2 unspecified atom stereocenters. The minimum Gasteiger partial charge on any atom is -0.501 e. The van der Waals surface area contributed by atoms with Gasteiger partial charge in [0.15, 0.2) is 0 Å². The number of nitrogens with zero attached hydrogens (tertiary/aromatic N) is 1. The number of aryl methyl sites for hydroxylation is 3. The lowest BCUT2D eigenvalue weighted by Gasteiger charge is -2.48. The largest absolute Gasteiger partial charge is 0.788 e. The van der Waals surface area contributed by atoms with Gasteiger partial charge in [-0.15, -0.1) is 0 Å². The topological polar surface area (TPSA) is 27.7 Å². The first-order chi connectivity index (χ1) is 22.2. The summed E-state index contributed by atoms with van der Waals surface area (Å²) in [5, 5.41) is 1.29. The average molecular weight is 670 g/mol. The smallest absolute Gasteiger partial charge is 0.501 e. The summed E-state index contributed by atoms with van der Waals surface area (Å²) in [5.74, 6) is 1.22. The average Bonchev–Trinajstić information content (AvgIpc) is 3.06. The maximum absolute atomic E-state index is 7.13. The van der Waals surface area contributed by atoms with E-state index in [2.05, 4.69) is 58.0 Å². The SMILES string of the molecule is CCCC[N+](CCCC)(CCCC)C(CCC)C(CCc1ccccc1)OB(Oc1ccc(C)c(Cl)c1)Oc1ccc(C)c(Cl)c1. The number of hydrogen-bond acceptors (Lipinski definition) is 3. The predicted octanol–water partition coefficient (Wildman–Crippen LogP) is 11.5. The van der Waals surface area contributed by atoms with E-state index in [1.54, 1.807) is 0 Å². The zero-order valence-electron chi connectivity index (χ0n) is 29.2. The maximum atomic E-state index is 7.13. The van der Waals surface area contributed by atoms with Gasteiger partial charge in [0.1, 0.15) is 17.5 Å². The molecule has 0 aliphatic rings. The van der Waals surface area contributed by atoms with Crippen molar-refractivity contribution in [2.45, 2.75) is 118 Å². The number of hydrogen-bond donors (Lipinski definition) is 0. The van der Waals surface area contributed by atoms with Crippen LogP contribution in [0.2, 0.25) is 10.0 Å². The minimum absolute atomic E-state index is 0.0995. The van der Waals surface area contributed by atoms with Crippen LogP contribution in [0.15, 0.2) is 66.7 Å². The molecular formula is C39H57BCl2NO3+. The lowest BCUT2D eigenvalue weighted by Crippen LogP contribution is -2.62. The molecule has 0 amide bonds. The molecule has 0 fully saturated rings. The summed E-state index contributed by atoms with van der Waals surface area (Å²) in [5.41, 5.74) is 3.30. The lowest BCUT2D eigenvalue weighted by atomic mass is 9.92. The Hall–Kier alpha value is -2.18. The van der Waals surface area contributed by atoms with E-state index in [0.717, 1.165) is 41.3 Å². The number of rotatable bonds is 22. The Labute approximate surface area is 290 Å². The van der Waals surface area contributed by atoms with E-state index >= 15 is 0 Å². The third-order valence-electron chi connectivity index (χ3n) is 9.19. The lowest BCUT2D eigenvalue weighted by molar-refractivity contribution is -0.955. The van der Waals surface area contributed by atoms with Gasteiger partial charge in [0.05, 0.1) is 25.7 Å². The summed E-state index contributed by atoms with van der Waals surface area (Å²) >= 11 is 13.1. The summed E-state index contributed by atoms with van der Waals surface area (Å²) in [7, 11) is -0.983. The molecule has 0 radical (unpaired) electrons. The van der Waals surface area contributed by atoms with E-state index in [9.17, 15) is 0 Å². The van der Waals surface area contributed by atoms with Gasteiger partial charge in [0.25, 0.3) is 0 Å². The van der Waals surface area contributed by atoms with Crippen molar-refractivity contribution in [2.24, 2.45) is 0 Å². The molecule has 7 heteroatoms. The van der Waals surface area contributed by atoms with Crippen LogP contribution < -0.4 is 9.31 Å². The molecule has 0 aromatic heterocycles. The second kappa shape index (κ2) is 20.2. The van der Waals surface area contributed by atoms with Gasteiger partial charge in [0.2, 0.25) is 0 Å². The van der Waals surface area contributed by atoms with Gasteiger partial charge < -0.3 is 18.4 Å². The molecule has 0 saturated carbocycles. The minimum atomic E-state index is -0.983. The normalized spacial score (nSPS) is 13.0. The monoisotopic (exact) mass is 668 g/mol. The van der Waals surface area contributed by atoms with Crippen molar-refractivity contribution >= 4 is 30.5 Å². The van der Waals surface area contributed by atoms with Gasteiger partial charge >= 0.3 is 7.32 Å². The molecule has 252 valence electrons. The van der Waals surface area contributed by atoms with E-state index in [0.29, 0.717) is 27.6 Å². The zero-order chi connectivity index (χ0) is 33.4. The zero-order valence-corrected chi connectivity index (χ0v) is 30.7. The van der Waals surface area contributed by atoms with Crippen LogP contribution in [0.4, 0.5) is 0 Å². The molecular weight excluding hydrogens is 612 g/mol. The number of benzene rings is 3. The van der Waals surface area contributed by atoms with Crippen molar-refractivity contribution in [3.8, 4) is 11.5 Å². The van der Waals surface area contributed by atoms with Crippen LogP contribution in [-0.4, -0.2) is 43.6 Å². The maximum Gasteiger partial charge on any atom is 0.788 e. The third-order valence-corrected chi connectivity index (χ3v) is 10.00. The van der Waals surface area contributed by atoms with Crippen LogP contribution in [0.3, 0.4) is 0 Å². The second-order valence-corrected chi connectivity index (χ2v) is 13.7. The van der Waals surface area contributed by atoms with Crippen molar-refractivity contribution in [3.63, 3.8) is 0 Å². The first-order valence-electron chi connectivity index (χ1n) is 17.7. The van der Waals surface area contributed by atoms with Crippen LogP contribution in [0.25, 0.3) is 0 Å². The van der Waals surface area contributed by atoms with Crippen LogP contribution >= 0.6 is 23.2 Å². The quantitative estimate of drug-likeness (QED) is 0.0787. The van der Waals surface area contributed by atoms with Crippen molar-refractivity contribution in [1.29, 1.82) is 0 Å². The molecule has 0 aliphatic heterocycles. The molecule has 2 atom stereocenters. The standard InChI is InChI=1S/C39H57BCl2NO3/c1-7-11-26-43(27-12-8-2,28-13-9-3)38(17-10-4)39(25-22-33-18-15-14-16-19-33)46-40(44-34-23-20-31(5)36(41)29-34)45-35-24-21-32(6)37(42)30-35/h14-16,18-21,23-24,29-30,38-39H,7-13,17,22,25-28H2,1-6H3/q+1. The Bertz CT molecular complexity index is 1220. The second-order valence-electron chi connectivity index (χ2n) is 12.9. The summed E-state index contributed by atoms with van der Waals surface area (Å²) in [6, 6.07) is 22.5. The molecule has 46 heavy (non-hydrogen) atoms. The third kappa shape index (κ3) is 11.8. The predicted molar refractivity (Wildman–Crippen MR) is 197 cm³/mol. The Balaban J connectivity index is 2.09. The van der Waals surface area contributed by atoms with Crippen LogP contribution in [0.5, 0.6) is 11.5 Å². The Kier molecular flexibility index (Phi) is 16.8. The number of unbranched alkanes of at least 4 members (excludes halogenated alkanes) is 3. The molecule has 0 N–H and O–H groups in total. The number of halogens is 2. The van der Waals surface area contributed by atoms with Crippen molar-refractivity contribution in [1.82, 2.24) is 0 Å². The highest BCUT2D eigenvalue weighted by atomic mass is 35.5. The molecule has 0 aliphatic carbocycles. The van der Waals surface area contributed by atoms with Gasteiger partial charge in [-0.05, 0) is 86.9 Å². The van der Waals surface area contributed by atoms with Crippen LogP contribution in [-0.2, 0) is 11.1 Å². The van der Waals surface area contributed by atoms with Gasteiger partial charge in [-0.25, -0.2) is 0 Å². The van der Waals surface area contributed by atoms with E-state index in [-0.39, 0.29) is 6.10 Å². The summed E-state index contributed by atoms with van der Waals surface area (Å²) in [6.45, 7) is 16.7. The van der Waals surface area contributed by atoms with Gasteiger partial charge in [-0.2, -0.15) is 0 Å². The molecule has 3 aromatic carbocycles. The highest BCUT2D eigenvalue weighted by Gasteiger charge is 2.44. The highest BCUT2D eigenvalue weighted by molar-refractivity contribution is 6.39. The van der Waals surface area contributed by atoms with E-state index in [1.807, 2.05) is 50.2 Å². The van der Waals surface area contributed by atoms with E-state index in [4.69, 9.17) is 37.2 Å². The van der Waals surface area contributed by atoms with Crippen molar-refractivity contribution in [2.75, 3.05) is 19.6 Å². The summed E-state index contributed by atoms with van der Waals surface area (Å²) < 4.78 is 21.2. The molecule has 4 nitrogen and oxygen atoms in total. The molecule has 3 aromatic rings. The molecule has 0 saturated heterocycles. The van der Waals surface area contributed by atoms with Gasteiger partial charge in [-0.1, -0.05) is 119 Å². The first kappa shape index (κ1) is 38.3. The first-order valence-corrected chi connectivity index (χ1v) is 18.4. The van der Waals surface area contributed by atoms with Gasteiger partial charge in [-0.3, -0.25) is 0 Å².